The Balaban J connectivity index is 1.26. The number of pyridine rings is 1. The molecule has 4 aromatic rings. The number of nitrogens with zero attached hydrogens (tertiary/aromatic N) is 3. The smallest absolute Gasteiger partial charge is 0.272 e. The number of rotatable bonds is 6. The van der Waals surface area contributed by atoms with Crippen molar-refractivity contribution in [3.63, 3.8) is 0 Å². The van der Waals surface area contributed by atoms with Gasteiger partial charge in [0.25, 0.3) is 5.91 Å². The maximum absolute atomic E-state index is 14.0. The van der Waals surface area contributed by atoms with Crippen molar-refractivity contribution in [3.05, 3.63) is 119 Å². The third-order valence-electron chi connectivity index (χ3n) is 6.21. The van der Waals surface area contributed by atoms with Gasteiger partial charge in [0, 0.05) is 31.6 Å². The molecule has 5 rings (SSSR count). The van der Waals surface area contributed by atoms with Crippen LogP contribution in [-0.2, 0) is 12.8 Å². The van der Waals surface area contributed by atoms with E-state index in [-0.39, 0.29) is 17.6 Å². The summed E-state index contributed by atoms with van der Waals surface area (Å²) in [6.07, 6.45) is 4.63. The van der Waals surface area contributed by atoms with E-state index in [9.17, 15) is 9.18 Å². The maximum atomic E-state index is 14.0. The van der Waals surface area contributed by atoms with Gasteiger partial charge in [-0.25, -0.2) is 14.4 Å². The molecule has 172 valence electrons. The van der Waals surface area contributed by atoms with E-state index in [4.69, 9.17) is 4.42 Å². The number of likely N-dealkylation sites (tertiary alicyclic amines) is 1. The summed E-state index contributed by atoms with van der Waals surface area (Å²) in [5, 5.41) is 0. The minimum atomic E-state index is -0.266. The average Bonchev–Trinajstić information content (AvgIpc) is 3.34. The van der Waals surface area contributed by atoms with E-state index in [2.05, 4.69) is 22.1 Å². The van der Waals surface area contributed by atoms with Crippen molar-refractivity contribution < 1.29 is 13.6 Å². The standard InChI is InChI=1S/C28H26FN3O2/c29-25-13-5-4-10-21(25)17-23-12-6-14-26(31-23)28(33)32-15-7-11-22(19-32)27-30-18-24(34-27)16-20-8-2-1-3-9-20/h1-6,8-10,12-14,18,22H,7,11,15-17,19H2/t22-/m1/s1. The maximum Gasteiger partial charge on any atom is 0.272 e. The molecule has 0 saturated carbocycles. The number of carbonyl (C=O) groups excluding carboxylic acids is 1. The first-order valence-electron chi connectivity index (χ1n) is 11.6. The van der Waals surface area contributed by atoms with E-state index >= 15 is 0 Å². The zero-order valence-electron chi connectivity index (χ0n) is 18.9. The molecule has 2 aromatic carbocycles. The fourth-order valence-corrected chi connectivity index (χ4v) is 4.45. The molecule has 0 aliphatic carbocycles. The first kappa shape index (κ1) is 22.0. The van der Waals surface area contributed by atoms with E-state index in [1.165, 1.54) is 11.6 Å². The predicted octanol–water partition coefficient (Wildman–Crippen LogP) is 5.41. The van der Waals surface area contributed by atoms with E-state index in [0.717, 1.165) is 18.6 Å². The van der Waals surface area contributed by atoms with Gasteiger partial charge < -0.3 is 9.32 Å². The Morgan fingerprint density at radius 3 is 2.68 bits per heavy atom. The minimum Gasteiger partial charge on any atom is -0.445 e. The molecule has 1 atom stereocenters. The summed E-state index contributed by atoms with van der Waals surface area (Å²) in [5.74, 6) is 1.19. The van der Waals surface area contributed by atoms with Crippen molar-refractivity contribution >= 4 is 5.91 Å². The quantitative estimate of drug-likeness (QED) is 0.390. The summed E-state index contributed by atoms with van der Waals surface area (Å²) in [5.41, 5.74) is 2.79. The van der Waals surface area contributed by atoms with Gasteiger partial charge in [0.2, 0.25) is 0 Å². The molecule has 0 spiro atoms. The average molecular weight is 456 g/mol. The van der Waals surface area contributed by atoms with Crippen LogP contribution >= 0.6 is 0 Å². The molecule has 0 radical (unpaired) electrons. The third-order valence-corrected chi connectivity index (χ3v) is 6.21. The van der Waals surface area contributed by atoms with Crippen LogP contribution in [0.3, 0.4) is 0 Å². The van der Waals surface area contributed by atoms with Crippen LogP contribution in [0.2, 0.25) is 0 Å². The van der Waals surface area contributed by atoms with Gasteiger partial charge in [0.1, 0.15) is 17.3 Å². The second-order valence-electron chi connectivity index (χ2n) is 8.70. The molecule has 1 saturated heterocycles. The lowest BCUT2D eigenvalue weighted by molar-refractivity contribution is 0.0691. The molecule has 0 unspecified atom stereocenters. The number of hydrogen-bond donors (Lipinski definition) is 0. The Bertz CT molecular complexity index is 1270. The van der Waals surface area contributed by atoms with Crippen molar-refractivity contribution in [1.82, 2.24) is 14.9 Å². The van der Waals surface area contributed by atoms with Gasteiger partial charge in [-0.3, -0.25) is 4.79 Å². The fraction of sp³-hybridized carbons (Fsp3) is 0.250. The summed E-state index contributed by atoms with van der Waals surface area (Å²) in [6.45, 7) is 1.22. The van der Waals surface area contributed by atoms with Crippen LogP contribution in [0, 0.1) is 5.82 Å². The SMILES string of the molecule is O=C(c1cccc(Cc2ccccc2F)n1)N1CCC[C@@H](c2ncc(Cc3ccccc3)o2)C1. The Labute approximate surface area is 198 Å². The van der Waals surface area contributed by atoms with Gasteiger partial charge in [-0.15, -0.1) is 0 Å². The molecular formula is C28H26FN3O2. The van der Waals surface area contributed by atoms with Gasteiger partial charge in [0.05, 0.1) is 12.1 Å². The first-order valence-corrected chi connectivity index (χ1v) is 11.6. The van der Waals surface area contributed by atoms with Crippen LogP contribution < -0.4 is 0 Å². The van der Waals surface area contributed by atoms with Gasteiger partial charge in [-0.05, 0) is 42.2 Å². The summed E-state index contributed by atoms with van der Waals surface area (Å²) < 4.78 is 20.1. The first-order chi connectivity index (χ1) is 16.7. The lowest BCUT2D eigenvalue weighted by Crippen LogP contribution is -2.39. The number of benzene rings is 2. The Morgan fingerprint density at radius 1 is 1.00 bits per heavy atom. The second kappa shape index (κ2) is 10.00. The highest BCUT2D eigenvalue weighted by molar-refractivity contribution is 5.92. The predicted molar refractivity (Wildman–Crippen MR) is 127 cm³/mol. The number of carbonyl (C=O) groups is 1. The van der Waals surface area contributed by atoms with E-state index in [0.29, 0.717) is 48.8 Å². The van der Waals surface area contributed by atoms with E-state index < -0.39 is 0 Å². The molecule has 1 aliphatic heterocycles. The normalized spacial score (nSPS) is 15.9. The van der Waals surface area contributed by atoms with E-state index in [1.54, 1.807) is 30.5 Å². The number of amides is 1. The summed E-state index contributed by atoms with van der Waals surface area (Å²) >= 11 is 0. The Hall–Kier alpha value is -3.80. The van der Waals surface area contributed by atoms with Crippen LogP contribution in [0.15, 0.2) is 83.4 Å². The lowest BCUT2D eigenvalue weighted by Gasteiger charge is -2.31. The summed E-state index contributed by atoms with van der Waals surface area (Å²) in [4.78, 5) is 24.1. The fourth-order valence-electron chi connectivity index (χ4n) is 4.45. The Morgan fingerprint density at radius 2 is 1.82 bits per heavy atom. The number of piperidine rings is 1. The molecule has 5 nitrogen and oxygen atoms in total. The van der Waals surface area contributed by atoms with Crippen molar-refractivity contribution in [3.8, 4) is 0 Å². The molecule has 1 fully saturated rings. The van der Waals surface area contributed by atoms with Crippen LogP contribution in [0.4, 0.5) is 4.39 Å². The van der Waals surface area contributed by atoms with Gasteiger partial charge in [-0.2, -0.15) is 0 Å². The Kier molecular flexibility index (Phi) is 6.47. The van der Waals surface area contributed by atoms with Crippen molar-refractivity contribution in [2.45, 2.75) is 31.6 Å². The number of halogens is 1. The van der Waals surface area contributed by atoms with Gasteiger partial charge in [-0.1, -0.05) is 54.6 Å². The van der Waals surface area contributed by atoms with Crippen LogP contribution in [-0.4, -0.2) is 33.9 Å². The lowest BCUT2D eigenvalue weighted by atomic mass is 9.97. The molecule has 3 heterocycles. The van der Waals surface area contributed by atoms with E-state index in [1.807, 2.05) is 35.2 Å². The topological polar surface area (TPSA) is 59.2 Å². The molecule has 1 aliphatic rings. The zero-order chi connectivity index (χ0) is 23.3. The molecule has 0 N–H and O–H groups in total. The van der Waals surface area contributed by atoms with Gasteiger partial charge >= 0.3 is 0 Å². The molecule has 0 bridgehead atoms. The highest BCUT2D eigenvalue weighted by Crippen LogP contribution is 2.28. The summed E-state index contributed by atoms with van der Waals surface area (Å²) in [7, 11) is 0. The largest absolute Gasteiger partial charge is 0.445 e. The van der Waals surface area contributed by atoms with Gasteiger partial charge in [0.15, 0.2) is 5.89 Å². The van der Waals surface area contributed by atoms with Crippen molar-refractivity contribution in [2.75, 3.05) is 13.1 Å². The van der Waals surface area contributed by atoms with Crippen LogP contribution in [0.25, 0.3) is 0 Å². The molecule has 34 heavy (non-hydrogen) atoms. The number of aromatic nitrogens is 2. The highest BCUT2D eigenvalue weighted by atomic mass is 19.1. The second-order valence-corrected chi connectivity index (χ2v) is 8.70. The number of hydrogen-bond acceptors (Lipinski definition) is 4. The molecule has 2 aromatic heterocycles. The summed E-state index contributed by atoms with van der Waals surface area (Å²) in [6, 6.07) is 22.1. The van der Waals surface area contributed by atoms with Crippen LogP contribution in [0.5, 0.6) is 0 Å². The monoisotopic (exact) mass is 455 g/mol. The molecule has 1 amide bonds. The molecule has 6 heteroatoms. The van der Waals surface area contributed by atoms with Crippen molar-refractivity contribution in [2.24, 2.45) is 0 Å². The highest BCUT2D eigenvalue weighted by Gasteiger charge is 2.29. The minimum absolute atomic E-state index is 0.0591. The number of oxazole rings is 1. The zero-order valence-corrected chi connectivity index (χ0v) is 18.9. The van der Waals surface area contributed by atoms with Crippen molar-refractivity contribution in [1.29, 1.82) is 0 Å². The molecular weight excluding hydrogens is 429 g/mol. The van der Waals surface area contributed by atoms with Crippen LogP contribution in [0.1, 0.15) is 57.7 Å². The third kappa shape index (κ3) is 5.06.